The quantitative estimate of drug-likeness (QED) is 0.135. The van der Waals surface area contributed by atoms with E-state index >= 15 is 0 Å². The molecular weight excluding hydrogens is 627 g/mol. The van der Waals surface area contributed by atoms with Crippen molar-refractivity contribution in [3.8, 4) is 11.3 Å². The second kappa shape index (κ2) is 11.1. The zero-order chi connectivity index (χ0) is 25.3. The number of ketones is 1. The number of aliphatic hydroxyl groups excluding tert-OH is 1. The van der Waals surface area contributed by atoms with Crippen molar-refractivity contribution in [1.29, 1.82) is 0 Å². The summed E-state index contributed by atoms with van der Waals surface area (Å²) in [5.74, 6) is -0.0625. The van der Waals surface area contributed by atoms with Gasteiger partial charge in [-0.25, -0.2) is 0 Å². The Kier molecular flexibility index (Phi) is 8.59. The minimum Gasteiger partial charge on any atom is -0.512 e. The normalized spacial score (nSPS) is 13.6. The van der Waals surface area contributed by atoms with Crippen molar-refractivity contribution in [2.24, 2.45) is 0 Å². The molecule has 0 aliphatic heterocycles. The molecule has 1 aliphatic carbocycles. The molecule has 5 heteroatoms. The second-order valence-electron chi connectivity index (χ2n) is 10.5. The molecule has 36 heavy (non-hydrogen) atoms. The molecule has 191 valence electrons. The van der Waals surface area contributed by atoms with E-state index in [1.807, 2.05) is 12.3 Å². The van der Waals surface area contributed by atoms with Gasteiger partial charge in [0, 0.05) is 48.8 Å². The molecule has 0 unspecified atom stereocenters. The number of aromatic nitrogens is 1. The van der Waals surface area contributed by atoms with Gasteiger partial charge in [0.2, 0.25) is 0 Å². The fraction of sp³-hybridized carbons (Fsp3) is 0.355. The van der Waals surface area contributed by atoms with E-state index < -0.39 is 0 Å². The standard InChI is InChI=1S/C26H26NO.C5H8O2.Ir/c1-16-20-11-6-5-8-17(20)15-22-23(16)21-12-13-27-24(25(21)28-22)18-9-7-10-19(14-18)26(2,3)4;1-4(6)3-5(2)7;/h7,10,12-15H,5-6,8,11H2,1-4H3;3,6H,1-2H3;/q-1;;/b;4-3-;. The van der Waals surface area contributed by atoms with Gasteiger partial charge >= 0.3 is 0 Å². The van der Waals surface area contributed by atoms with Crippen LogP contribution in [0.4, 0.5) is 0 Å². The first-order chi connectivity index (χ1) is 16.6. The van der Waals surface area contributed by atoms with Crippen LogP contribution >= 0.6 is 0 Å². The molecule has 0 fully saturated rings. The van der Waals surface area contributed by atoms with Crippen molar-refractivity contribution in [3.63, 3.8) is 0 Å². The number of furan rings is 1. The van der Waals surface area contributed by atoms with Crippen LogP contribution in [0.25, 0.3) is 33.2 Å². The van der Waals surface area contributed by atoms with E-state index in [2.05, 4.69) is 58.0 Å². The van der Waals surface area contributed by atoms with Crippen molar-refractivity contribution in [1.82, 2.24) is 4.98 Å². The molecule has 0 bridgehead atoms. The number of hydrogen-bond acceptors (Lipinski definition) is 4. The fourth-order valence-electron chi connectivity index (χ4n) is 4.91. The van der Waals surface area contributed by atoms with Crippen LogP contribution in [0.15, 0.2) is 52.8 Å². The smallest absolute Gasteiger partial charge is 0.155 e. The number of allylic oxidation sites excluding steroid dienone is 2. The third-order valence-electron chi connectivity index (χ3n) is 6.61. The van der Waals surface area contributed by atoms with Gasteiger partial charge in [-0.2, -0.15) is 0 Å². The number of fused-ring (bicyclic) bond motifs is 4. The van der Waals surface area contributed by atoms with Gasteiger partial charge in [-0.05, 0) is 80.7 Å². The zero-order valence-electron chi connectivity index (χ0n) is 21.9. The zero-order valence-corrected chi connectivity index (χ0v) is 24.3. The molecule has 2 aromatic heterocycles. The van der Waals surface area contributed by atoms with Gasteiger partial charge < -0.3 is 14.5 Å². The first-order valence-electron chi connectivity index (χ1n) is 12.3. The Labute approximate surface area is 227 Å². The summed E-state index contributed by atoms with van der Waals surface area (Å²) in [4.78, 5) is 14.7. The average molecular weight is 661 g/mol. The Morgan fingerprint density at radius 1 is 1.14 bits per heavy atom. The minimum absolute atomic E-state index is 0. The Morgan fingerprint density at radius 3 is 2.50 bits per heavy atom. The summed E-state index contributed by atoms with van der Waals surface area (Å²) in [6.07, 6.45) is 7.98. The Morgan fingerprint density at radius 2 is 1.86 bits per heavy atom. The number of nitrogens with zero attached hydrogens (tertiary/aromatic N) is 1. The third-order valence-corrected chi connectivity index (χ3v) is 6.61. The summed E-state index contributed by atoms with van der Waals surface area (Å²) in [5, 5.41) is 10.8. The summed E-state index contributed by atoms with van der Waals surface area (Å²) in [5.41, 5.74) is 9.50. The molecule has 2 heterocycles. The Balaban J connectivity index is 0.000000400. The SMILES string of the molecule is CC(=O)/C=C(/C)O.Cc1c2c(cc3oc4c(-c5[c-]ccc(C(C)(C)C)c5)nccc4c13)CCCC2.[Ir]. The fourth-order valence-corrected chi connectivity index (χ4v) is 4.91. The van der Waals surface area contributed by atoms with Crippen LogP contribution in [0.1, 0.15) is 69.7 Å². The van der Waals surface area contributed by atoms with E-state index in [9.17, 15) is 4.79 Å². The van der Waals surface area contributed by atoms with Crippen LogP contribution in [0.3, 0.4) is 0 Å². The molecule has 0 spiro atoms. The molecule has 5 rings (SSSR count). The average Bonchev–Trinajstić information content (AvgIpc) is 3.17. The van der Waals surface area contributed by atoms with E-state index in [-0.39, 0.29) is 37.1 Å². The summed E-state index contributed by atoms with van der Waals surface area (Å²) < 4.78 is 6.43. The van der Waals surface area contributed by atoms with Crippen LogP contribution in [0.5, 0.6) is 0 Å². The van der Waals surface area contributed by atoms with Crippen molar-refractivity contribution in [2.45, 2.75) is 72.6 Å². The molecule has 1 radical (unpaired) electrons. The van der Waals surface area contributed by atoms with Gasteiger partial charge in [-0.15, -0.1) is 35.4 Å². The van der Waals surface area contributed by atoms with Crippen LogP contribution in [0, 0.1) is 13.0 Å². The molecule has 0 saturated heterocycles. The molecule has 4 nitrogen and oxygen atoms in total. The van der Waals surface area contributed by atoms with E-state index in [1.165, 1.54) is 72.2 Å². The first-order valence-corrected chi connectivity index (χ1v) is 12.3. The van der Waals surface area contributed by atoms with Crippen molar-refractivity contribution < 1.29 is 34.4 Å². The summed E-state index contributed by atoms with van der Waals surface area (Å²) in [7, 11) is 0. The van der Waals surface area contributed by atoms with Crippen LogP contribution in [0.2, 0.25) is 0 Å². The number of carbonyl (C=O) groups is 1. The molecule has 0 atom stereocenters. The maximum Gasteiger partial charge on any atom is 0.155 e. The second-order valence-corrected chi connectivity index (χ2v) is 10.5. The van der Waals surface area contributed by atoms with Crippen LogP contribution in [-0.4, -0.2) is 15.9 Å². The van der Waals surface area contributed by atoms with Gasteiger partial charge in [0.25, 0.3) is 0 Å². The van der Waals surface area contributed by atoms with Crippen LogP contribution < -0.4 is 0 Å². The minimum atomic E-state index is -0.125. The van der Waals surface area contributed by atoms with Gasteiger partial charge in [-0.3, -0.25) is 4.79 Å². The van der Waals surface area contributed by atoms with E-state index in [0.717, 1.165) is 28.8 Å². The van der Waals surface area contributed by atoms with E-state index in [4.69, 9.17) is 14.5 Å². The monoisotopic (exact) mass is 661 g/mol. The molecule has 1 N–H and O–H groups in total. The van der Waals surface area contributed by atoms with Crippen molar-refractivity contribution >= 4 is 27.7 Å². The molecular formula is C31H34IrNO3-. The van der Waals surface area contributed by atoms with Crippen molar-refractivity contribution in [3.05, 3.63) is 76.7 Å². The molecule has 0 amide bonds. The summed E-state index contributed by atoms with van der Waals surface area (Å²) in [6, 6.07) is 14.1. The Hall–Kier alpha value is -2.75. The molecule has 4 aromatic rings. The summed E-state index contributed by atoms with van der Waals surface area (Å²) >= 11 is 0. The number of carbonyl (C=O) groups excluding carboxylic acids is 1. The summed E-state index contributed by atoms with van der Waals surface area (Å²) in [6.45, 7) is 11.8. The third kappa shape index (κ3) is 5.79. The Bertz CT molecular complexity index is 1440. The van der Waals surface area contributed by atoms with Crippen molar-refractivity contribution in [2.75, 3.05) is 0 Å². The number of rotatable bonds is 2. The number of aliphatic hydroxyl groups is 1. The molecule has 2 aromatic carbocycles. The van der Waals surface area contributed by atoms with Gasteiger partial charge in [0.1, 0.15) is 11.2 Å². The van der Waals surface area contributed by atoms with Gasteiger partial charge in [-0.1, -0.05) is 20.8 Å². The number of pyridine rings is 1. The number of aryl methyl sites for hydroxylation is 2. The first kappa shape index (κ1) is 27.8. The maximum absolute atomic E-state index is 10.0. The maximum atomic E-state index is 10.0. The molecule has 1 aliphatic rings. The topological polar surface area (TPSA) is 63.3 Å². The van der Waals surface area contributed by atoms with Crippen LogP contribution in [-0.2, 0) is 43.2 Å². The van der Waals surface area contributed by atoms with E-state index in [1.54, 1.807) is 0 Å². The number of benzene rings is 2. The largest absolute Gasteiger partial charge is 0.512 e. The van der Waals surface area contributed by atoms with Gasteiger partial charge in [0.15, 0.2) is 5.78 Å². The predicted molar refractivity (Wildman–Crippen MR) is 143 cm³/mol. The van der Waals surface area contributed by atoms with E-state index in [0.29, 0.717) is 0 Å². The number of hydrogen-bond donors (Lipinski definition) is 1. The molecule has 0 saturated carbocycles. The predicted octanol–water partition coefficient (Wildman–Crippen LogP) is 7.97. The van der Waals surface area contributed by atoms with Gasteiger partial charge in [0.05, 0.1) is 5.76 Å².